The standard InChI is InChI=1S/C22H20BrIN2O5/c1-11(2)31-19-16(24)9-13(10-18(19)30-4)8-15-20(27)25-22(29)26(21(15)28)17-6-5-14(23)7-12(17)3/h5-11H,1-4H3,(H,25,27,29)/b15-8-. The lowest BCUT2D eigenvalue weighted by Crippen LogP contribution is -2.54. The third-order valence-corrected chi connectivity index (χ3v) is 5.71. The molecule has 162 valence electrons. The molecule has 0 atom stereocenters. The molecule has 1 fully saturated rings. The smallest absolute Gasteiger partial charge is 0.335 e. The zero-order valence-corrected chi connectivity index (χ0v) is 21.0. The number of barbiturate groups is 1. The summed E-state index contributed by atoms with van der Waals surface area (Å²) in [5.41, 5.74) is 1.52. The number of benzene rings is 2. The first-order valence-electron chi connectivity index (χ1n) is 9.34. The predicted octanol–water partition coefficient (Wildman–Crippen LogP) is 4.82. The second-order valence-electron chi connectivity index (χ2n) is 7.09. The second kappa shape index (κ2) is 9.39. The number of nitrogens with zero attached hydrogens (tertiary/aromatic N) is 1. The molecule has 2 aromatic carbocycles. The Balaban J connectivity index is 2.05. The highest BCUT2D eigenvalue weighted by molar-refractivity contribution is 14.1. The van der Waals surface area contributed by atoms with Crippen molar-refractivity contribution in [1.82, 2.24) is 5.32 Å². The summed E-state index contributed by atoms with van der Waals surface area (Å²) in [7, 11) is 1.52. The highest BCUT2D eigenvalue weighted by atomic mass is 127. The van der Waals surface area contributed by atoms with Crippen LogP contribution in [0.2, 0.25) is 0 Å². The van der Waals surface area contributed by atoms with E-state index in [1.54, 1.807) is 37.3 Å². The maximum absolute atomic E-state index is 13.1. The van der Waals surface area contributed by atoms with E-state index in [1.807, 2.05) is 13.8 Å². The van der Waals surface area contributed by atoms with Crippen LogP contribution in [0.1, 0.15) is 25.0 Å². The van der Waals surface area contributed by atoms with Crippen LogP contribution in [0.3, 0.4) is 0 Å². The Morgan fingerprint density at radius 1 is 1.16 bits per heavy atom. The summed E-state index contributed by atoms with van der Waals surface area (Å²) in [6.07, 6.45) is 1.39. The topological polar surface area (TPSA) is 84.9 Å². The normalized spacial score (nSPS) is 15.5. The van der Waals surface area contributed by atoms with Crippen molar-refractivity contribution in [1.29, 1.82) is 0 Å². The molecule has 7 nitrogen and oxygen atoms in total. The number of rotatable bonds is 5. The van der Waals surface area contributed by atoms with Gasteiger partial charge in [0.1, 0.15) is 5.57 Å². The molecule has 1 N–H and O–H groups in total. The summed E-state index contributed by atoms with van der Waals surface area (Å²) >= 11 is 5.47. The average Bonchev–Trinajstić information content (AvgIpc) is 2.68. The lowest BCUT2D eigenvalue weighted by molar-refractivity contribution is -0.122. The molecule has 0 spiro atoms. The quantitative estimate of drug-likeness (QED) is 0.303. The summed E-state index contributed by atoms with van der Waals surface area (Å²) in [6.45, 7) is 5.60. The van der Waals surface area contributed by atoms with Gasteiger partial charge in [0.2, 0.25) is 0 Å². The molecule has 3 rings (SSSR count). The molecule has 0 aromatic heterocycles. The van der Waals surface area contributed by atoms with Gasteiger partial charge in [-0.2, -0.15) is 0 Å². The van der Waals surface area contributed by atoms with E-state index in [-0.39, 0.29) is 11.7 Å². The average molecular weight is 599 g/mol. The number of carbonyl (C=O) groups is 3. The molecule has 0 unspecified atom stereocenters. The monoisotopic (exact) mass is 598 g/mol. The third-order valence-electron chi connectivity index (χ3n) is 4.42. The van der Waals surface area contributed by atoms with Crippen LogP contribution in [0, 0.1) is 10.5 Å². The molecule has 1 saturated heterocycles. The van der Waals surface area contributed by atoms with Crippen molar-refractivity contribution in [2.45, 2.75) is 26.9 Å². The maximum atomic E-state index is 13.1. The minimum absolute atomic E-state index is 0.0500. The van der Waals surface area contributed by atoms with E-state index in [4.69, 9.17) is 9.47 Å². The Labute approximate surface area is 202 Å². The van der Waals surface area contributed by atoms with Crippen LogP contribution in [-0.4, -0.2) is 31.1 Å². The number of methoxy groups -OCH3 is 1. The van der Waals surface area contributed by atoms with Crippen molar-refractivity contribution in [3.05, 3.63) is 55.1 Å². The van der Waals surface area contributed by atoms with Gasteiger partial charge >= 0.3 is 6.03 Å². The van der Waals surface area contributed by atoms with Crippen LogP contribution in [-0.2, 0) is 9.59 Å². The summed E-state index contributed by atoms with van der Waals surface area (Å²) in [4.78, 5) is 39.0. The van der Waals surface area contributed by atoms with Crippen molar-refractivity contribution in [2.24, 2.45) is 0 Å². The number of amides is 4. The van der Waals surface area contributed by atoms with Crippen LogP contribution >= 0.6 is 38.5 Å². The van der Waals surface area contributed by atoms with Gasteiger partial charge in [-0.1, -0.05) is 15.9 Å². The first kappa shape index (κ1) is 23.3. The Morgan fingerprint density at radius 2 is 1.87 bits per heavy atom. The van der Waals surface area contributed by atoms with E-state index in [0.717, 1.165) is 12.9 Å². The van der Waals surface area contributed by atoms with Crippen molar-refractivity contribution in [3.63, 3.8) is 0 Å². The van der Waals surface area contributed by atoms with Gasteiger partial charge in [0.25, 0.3) is 11.8 Å². The molecule has 0 aliphatic carbocycles. The number of hydrogen-bond acceptors (Lipinski definition) is 5. The largest absolute Gasteiger partial charge is 0.493 e. The molecular formula is C22H20BrIN2O5. The number of hydrogen-bond donors (Lipinski definition) is 1. The van der Waals surface area contributed by atoms with Crippen LogP contribution in [0.4, 0.5) is 10.5 Å². The van der Waals surface area contributed by atoms with Gasteiger partial charge < -0.3 is 9.47 Å². The Kier molecular flexibility index (Phi) is 7.05. The number of carbonyl (C=O) groups excluding carboxylic acids is 3. The van der Waals surface area contributed by atoms with E-state index in [9.17, 15) is 14.4 Å². The maximum Gasteiger partial charge on any atom is 0.335 e. The van der Waals surface area contributed by atoms with Crippen LogP contribution in [0.5, 0.6) is 11.5 Å². The van der Waals surface area contributed by atoms with E-state index in [2.05, 4.69) is 43.8 Å². The third kappa shape index (κ3) is 4.93. The zero-order chi connectivity index (χ0) is 22.9. The fourth-order valence-electron chi connectivity index (χ4n) is 3.09. The first-order chi connectivity index (χ1) is 14.6. The van der Waals surface area contributed by atoms with Crippen LogP contribution in [0.15, 0.2) is 40.4 Å². The van der Waals surface area contributed by atoms with E-state index < -0.39 is 17.8 Å². The molecule has 1 aliphatic heterocycles. The number of urea groups is 1. The van der Waals surface area contributed by atoms with Crippen molar-refractivity contribution >= 4 is 68.1 Å². The molecule has 9 heteroatoms. The van der Waals surface area contributed by atoms with Crippen molar-refractivity contribution < 1.29 is 23.9 Å². The van der Waals surface area contributed by atoms with Crippen molar-refractivity contribution in [2.75, 3.05) is 12.0 Å². The molecule has 1 aliphatic rings. The summed E-state index contributed by atoms with van der Waals surface area (Å²) in [5.74, 6) is -0.386. The number of nitrogens with one attached hydrogen (secondary N) is 1. The molecule has 0 bridgehead atoms. The van der Waals surface area contributed by atoms with Gasteiger partial charge in [-0.3, -0.25) is 14.9 Å². The van der Waals surface area contributed by atoms with Gasteiger partial charge in [-0.15, -0.1) is 0 Å². The number of halogens is 2. The molecule has 2 aromatic rings. The number of ether oxygens (including phenoxy) is 2. The SMILES string of the molecule is COc1cc(/C=C2/C(=O)NC(=O)N(c3ccc(Br)cc3C)C2=O)cc(I)c1OC(C)C. The second-order valence-corrected chi connectivity index (χ2v) is 9.17. The minimum Gasteiger partial charge on any atom is -0.493 e. The molecule has 31 heavy (non-hydrogen) atoms. The molecular weight excluding hydrogens is 579 g/mol. The summed E-state index contributed by atoms with van der Waals surface area (Å²) < 4.78 is 12.8. The van der Waals surface area contributed by atoms with Gasteiger partial charge in [-0.25, -0.2) is 9.69 Å². The molecule has 1 heterocycles. The van der Waals surface area contributed by atoms with Gasteiger partial charge in [0, 0.05) is 4.47 Å². The minimum atomic E-state index is -0.787. The van der Waals surface area contributed by atoms with Gasteiger partial charge in [-0.05, 0) is 90.9 Å². The molecule has 0 radical (unpaired) electrons. The lowest BCUT2D eigenvalue weighted by atomic mass is 10.1. The summed E-state index contributed by atoms with van der Waals surface area (Å²) in [5, 5.41) is 2.24. The first-order valence-corrected chi connectivity index (χ1v) is 11.2. The lowest BCUT2D eigenvalue weighted by Gasteiger charge is -2.27. The van der Waals surface area contributed by atoms with E-state index in [0.29, 0.717) is 28.3 Å². The van der Waals surface area contributed by atoms with E-state index >= 15 is 0 Å². The van der Waals surface area contributed by atoms with Crippen LogP contribution in [0.25, 0.3) is 6.08 Å². The summed E-state index contributed by atoms with van der Waals surface area (Å²) in [6, 6.07) is 7.83. The van der Waals surface area contributed by atoms with Gasteiger partial charge in [0.15, 0.2) is 11.5 Å². The number of aryl methyl sites for hydroxylation is 1. The number of anilines is 1. The Bertz CT molecular complexity index is 1110. The predicted molar refractivity (Wildman–Crippen MR) is 129 cm³/mol. The Morgan fingerprint density at radius 3 is 2.48 bits per heavy atom. The van der Waals surface area contributed by atoms with E-state index in [1.165, 1.54) is 13.2 Å². The highest BCUT2D eigenvalue weighted by Crippen LogP contribution is 2.36. The fraction of sp³-hybridized carbons (Fsp3) is 0.227. The highest BCUT2D eigenvalue weighted by Gasteiger charge is 2.37. The van der Waals surface area contributed by atoms with Gasteiger partial charge in [0.05, 0.1) is 22.5 Å². The zero-order valence-electron chi connectivity index (χ0n) is 17.3. The van der Waals surface area contributed by atoms with Crippen LogP contribution < -0.4 is 19.7 Å². The molecule has 4 amide bonds. The Hall–Kier alpha value is -2.40. The molecule has 0 saturated carbocycles. The number of imide groups is 2. The fourth-order valence-corrected chi connectivity index (χ4v) is 4.31. The van der Waals surface area contributed by atoms with Crippen molar-refractivity contribution in [3.8, 4) is 11.5 Å².